The first-order valence-corrected chi connectivity index (χ1v) is 6.25. The van der Waals surface area contributed by atoms with E-state index >= 15 is 0 Å². The van der Waals surface area contributed by atoms with Crippen molar-refractivity contribution < 1.29 is 9.13 Å². The quantitative estimate of drug-likeness (QED) is 0.710. The average molecular weight is 268 g/mol. The fraction of sp³-hybridized carbons (Fsp3) is 0.125. The first-order valence-electron chi connectivity index (χ1n) is 6.25. The molecule has 0 aliphatic heterocycles. The molecule has 0 aliphatic rings. The lowest BCUT2D eigenvalue weighted by molar-refractivity contribution is 0.397. The number of methoxy groups -OCH3 is 1. The molecular weight excluding hydrogens is 255 g/mol. The molecule has 0 amide bonds. The molecule has 1 aromatic carbocycles. The third-order valence-electron chi connectivity index (χ3n) is 3.30. The van der Waals surface area contributed by atoms with Gasteiger partial charge in [-0.3, -0.25) is 4.98 Å². The summed E-state index contributed by atoms with van der Waals surface area (Å²) < 4.78 is 18.9. The number of aryl methyl sites for hydroxylation is 1. The summed E-state index contributed by atoms with van der Waals surface area (Å²) in [6, 6.07) is 8.51. The zero-order valence-electron chi connectivity index (χ0n) is 11.2. The number of fused-ring (bicyclic) bond motifs is 1. The second-order valence-corrected chi connectivity index (χ2v) is 4.54. The van der Waals surface area contributed by atoms with Crippen LogP contribution in [0.5, 0.6) is 5.88 Å². The number of hydrogen-bond donors (Lipinski definition) is 0. The van der Waals surface area contributed by atoms with Crippen molar-refractivity contribution in [2.75, 3.05) is 7.11 Å². The van der Waals surface area contributed by atoms with Crippen molar-refractivity contribution in [1.82, 2.24) is 9.97 Å². The van der Waals surface area contributed by atoms with E-state index in [0.29, 0.717) is 16.8 Å². The monoisotopic (exact) mass is 268 g/mol. The van der Waals surface area contributed by atoms with Gasteiger partial charge in [0, 0.05) is 35.0 Å². The molecule has 0 radical (unpaired) electrons. The van der Waals surface area contributed by atoms with Gasteiger partial charge in [-0.05, 0) is 36.8 Å². The maximum absolute atomic E-state index is 13.8. The molecule has 4 heteroatoms. The minimum Gasteiger partial charge on any atom is -0.481 e. The van der Waals surface area contributed by atoms with E-state index in [4.69, 9.17) is 4.74 Å². The number of hydrogen-bond acceptors (Lipinski definition) is 3. The highest BCUT2D eigenvalue weighted by Gasteiger charge is 2.11. The predicted molar refractivity (Wildman–Crippen MR) is 76.2 cm³/mol. The highest BCUT2D eigenvalue weighted by Crippen LogP contribution is 2.31. The molecule has 3 rings (SSSR count). The number of nitrogens with zero attached hydrogens (tertiary/aromatic N) is 2. The summed E-state index contributed by atoms with van der Waals surface area (Å²) in [5.41, 5.74) is 3.45. The number of ether oxygens (including phenoxy) is 1. The lowest BCUT2D eigenvalue weighted by Gasteiger charge is -2.10. The lowest BCUT2D eigenvalue weighted by atomic mass is 9.99. The van der Waals surface area contributed by atoms with E-state index < -0.39 is 0 Å². The van der Waals surface area contributed by atoms with Gasteiger partial charge < -0.3 is 4.74 Å². The Bertz CT molecular complexity index is 787. The Labute approximate surface area is 116 Å². The molecule has 0 fully saturated rings. The average Bonchev–Trinajstić information content (AvgIpc) is 2.48. The van der Waals surface area contributed by atoms with Crippen molar-refractivity contribution in [2.24, 2.45) is 0 Å². The summed E-state index contributed by atoms with van der Waals surface area (Å²) in [6.45, 7) is 1.97. The smallest absolute Gasteiger partial charge is 0.213 e. The molecule has 100 valence electrons. The van der Waals surface area contributed by atoms with Crippen LogP contribution in [-0.2, 0) is 0 Å². The molecule has 0 atom stereocenters. The molecule has 0 saturated carbocycles. The van der Waals surface area contributed by atoms with Crippen molar-refractivity contribution in [1.29, 1.82) is 0 Å². The molecule has 2 aromatic heterocycles. The molecule has 3 nitrogen and oxygen atoms in total. The topological polar surface area (TPSA) is 35.0 Å². The van der Waals surface area contributed by atoms with Crippen LogP contribution in [0.4, 0.5) is 4.39 Å². The Kier molecular flexibility index (Phi) is 3.06. The minimum atomic E-state index is -0.268. The van der Waals surface area contributed by atoms with Crippen LogP contribution in [0.2, 0.25) is 0 Å². The van der Waals surface area contributed by atoms with E-state index in [1.54, 1.807) is 37.7 Å². The Morgan fingerprint density at radius 1 is 1.10 bits per heavy atom. The zero-order chi connectivity index (χ0) is 14.1. The van der Waals surface area contributed by atoms with Crippen molar-refractivity contribution >= 4 is 10.9 Å². The first kappa shape index (κ1) is 12.5. The van der Waals surface area contributed by atoms with Crippen LogP contribution in [0.15, 0.2) is 42.7 Å². The van der Waals surface area contributed by atoms with Crippen LogP contribution in [0.3, 0.4) is 0 Å². The van der Waals surface area contributed by atoms with Crippen molar-refractivity contribution in [3.8, 4) is 17.0 Å². The summed E-state index contributed by atoms with van der Waals surface area (Å²) >= 11 is 0. The van der Waals surface area contributed by atoms with Gasteiger partial charge in [0.1, 0.15) is 5.82 Å². The van der Waals surface area contributed by atoms with Gasteiger partial charge in [0.05, 0.1) is 12.6 Å². The standard InChI is InChI=1S/C16H13FN2O/c1-10-8-15(20-2)19-9-13(10)11-5-6-14(17)12-4-3-7-18-16(11)12/h3-9H,1-2H3. The first-order chi connectivity index (χ1) is 9.70. The summed E-state index contributed by atoms with van der Waals surface area (Å²) in [4.78, 5) is 8.52. The Morgan fingerprint density at radius 3 is 2.70 bits per heavy atom. The number of pyridine rings is 2. The predicted octanol–water partition coefficient (Wildman–Crippen LogP) is 3.75. The van der Waals surface area contributed by atoms with Crippen molar-refractivity contribution in [2.45, 2.75) is 6.92 Å². The Morgan fingerprint density at radius 2 is 1.95 bits per heavy atom. The van der Waals surface area contributed by atoms with Gasteiger partial charge in [-0.2, -0.15) is 0 Å². The Hall–Kier alpha value is -2.49. The van der Waals surface area contributed by atoms with Crippen LogP contribution >= 0.6 is 0 Å². The fourth-order valence-corrected chi connectivity index (χ4v) is 2.28. The molecule has 0 aliphatic carbocycles. The van der Waals surface area contributed by atoms with Gasteiger partial charge in [-0.15, -0.1) is 0 Å². The largest absolute Gasteiger partial charge is 0.481 e. The molecule has 3 aromatic rings. The van der Waals surface area contributed by atoms with Crippen LogP contribution < -0.4 is 4.74 Å². The maximum atomic E-state index is 13.8. The summed E-state index contributed by atoms with van der Waals surface area (Å²) in [6.07, 6.45) is 3.40. The number of aromatic nitrogens is 2. The van der Waals surface area contributed by atoms with Crippen LogP contribution in [0.25, 0.3) is 22.0 Å². The van der Waals surface area contributed by atoms with E-state index in [9.17, 15) is 4.39 Å². The second kappa shape index (κ2) is 4.89. The van der Waals surface area contributed by atoms with Crippen LogP contribution in [0, 0.1) is 12.7 Å². The number of halogens is 1. The summed E-state index contributed by atoms with van der Waals surface area (Å²) in [5, 5.41) is 0.514. The molecule has 0 spiro atoms. The van der Waals surface area contributed by atoms with Crippen LogP contribution in [0.1, 0.15) is 5.56 Å². The highest BCUT2D eigenvalue weighted by molar-refractivity contribution is 5.94. The normalized spacial score (nSPS) is 10.8. The molecule has 2 heterocycles. The lowest BCUT2D eigenvalue weighted by Crippen LogP contribution is -1.93. The molecule has 0 bridgehead atoms. The molecular formula is C16H13FN2O. The van der Waals surface area contributed by atoms with E-state index in [1.165, 1.54) is 6.07 Å². The second-order valence-electron chi connectivity index (χ2n) is 4.54. The maximum Gasteiger partial charge on any atom is 0.213 e. The van der Waals surface area contributed by atoms with Gasteiger partial charge >= 0.3 is 0 Å². The van der Waals surface area contributed by atoms with Crippen LogP contribution in [-0.4, -0.2) is 17.1 Å². The van der Waals surface area contributed by atoms with Gasteiger partial charge in [0.2, 0.25) is 5.88 Å². The SMILES string of the molecule is COc1cc(C)c(-c2ccc(F)c3cccnc23)cn1. The number of rotatable bonds is 2. The molecule has 0 unspecified atom stereocenters. The summed E-state index contributed by atoms with van der Waals surface area (Å²) in [5.74, 6) is 0.293. The highest BCUT2D eigenvalue weighted by atomic mass is 19.1. The Balaban J connectivity index is 2.27. The van der Waals surface area contributed by atoms with E-state index in [-0.39, 0.29) is 5.82 Å². The molecule has 0 N–H and O–H groups in total. The number of benzene rings is 1. The molecule has 0 saturated heterocycles. The zero-order valence-corrected chi connectivity index (χ0v) is 11.2. The van der Waals surface area contributed by atoms with E-state index in [1.807, 2.05) is 13.0 Å². The van der Waals surface area contributed by atoms with Crippen molar-refractivity contribution in [3.05, 3.63) is 54.1 Å². The minimum absolute atomic E-state index is 0.268. The molecule has 20 heavy (non-hydrogen) atoms. The van der Waals surface area contributed by atoms with Crippen molar-refractivity contribution in [3.63, 3.8) is 0 Å². The third-order valence-corrected chi connectivity index (χ3v) is 3.30. The van der Waals surface area contributed by atoms with Gasteiger partial charge in [0.25, 0.3) is 0 Å². The summed E-state index contributed by atoms with van der Waals surface area (Å²) in [7, 11) is 1.58. The van der Waals surface area contributed by atoms with Gasteiger partial charge in [-0.1, -0.05) is 0 Å². The van der Waals surface area contributed by atoms with E-state index in [0.717, 1.165) is 16.7 Å². The fourth-order valence-electron chi connectivity index (χ4n) is 2.28. The van der Waals surface area contributed by atoms with Gasteiger partial charge in [-0.25, -0.2) is 9.37 Å². The third kappa shape index (κ3) is 1.99. The van der Waals surface area contributed by atoms with E-state index in [2.05, 4.69) is 9.97 Å². The van der Waals surface area contributed by atoms with Gasteiger partial charge in [0.15, 0.2) is 0 Å².